The summed E-state index contributed by atoms with van der Waals surface area (Å²) < 4.78 is 0. The number of amides is 1. The third-order valence-electron chi connectivity index (χ3n) is 4.04. The fourth-order valence-electron chi connectivity index (χ4n) is 2.66. The summed E-state index contributed by atoms with van der Waals surface area (Å²) in [5, 5.41) is 3.79. The molecule has 0 aliphatic carbocycles. The molecule has 2 aromatic rings. The molecule has 0 saturated carbocycles. The molecule has 1 atom stereocenters. The van der Waals surface area contributed by atoms with Crippen molar-refractivity contribution in [3.8, 4) is 0 Å². The summed E-state index contributed by atoms with van der Waals surface area (Å²) >= 11 is 7.37. The number of halogens is 1. The van der Waals surface area contributed by atoms with E-state index in [0.717, 1.165) is 17.7 Å². The molecule has 130 valence electrons. The monoisotopic (exact) mass is 375 g/mol. The van der Waals surface area contributed by atoms with Crippen molar-refractivity contribution in [1.82, 2.24) is 4.98 Å². The standard InChI is InChI=1S/C17H18ClN5OS/c1-17(5-6-25-16(20)23-17)10-3-2-4-12(7-10)22-15(24)14-13(19)8-11(18)9-21-14/h2-4,7-9H,5-6,19H2,1H3,(H2,20,23)(H,22,24)/t17-/m0/s1. The highest BCUT2D eigenvalue weighted by Crippen LogP contribution is 2.35. The Labute approximate surface area is 155 Å². The molecule has 8 heteroatoms. The number of benzene rings is 1. The average molecular weight is 376 g/mol. The second kappa shape index (κ2) is 6.93. The normalized spacial score (nSPS) is 20.0. The van der Waals surface area contributed by atoms with Crippen LogP contribution in [0.15, 0.2) is 41.5 Å². The van der Waals surface area contributed by atoms with E-state index in [9.17, 15) is 4.79 Å². The van der Waals surface area contributed by atoms with E-state index in [-0.39, 0.29) is 11.4 Å². The molecule has 6 nitrogen and oxygen atoms in total. The van der Waals surface area contributed by atoms with Crippen LogP contribution in [-0.2, 0) is 5.54 Å². The van der Waals surface area contributed by atoms with Gasteiger partial charge in [0.2, 0.25) is 0 Å². The molecule has 3 rings (SSSR count). The van der Waals surface area contributed by atoms with Crippen molar-refractivity contribution in [1.29, 1.82) is 0 Å². The lowest BCUT2D eigenvalue weighted by atomic mass is 9.89. The number of carbonyl (C=O) groups is 1. The number of pyridine rings is 1. The maximum absolute atomic E-state index is 12.4. The van der Waals surface area contributed by atoms with E-state index in [0.29, 0.717) is 15.9 Å². The van der Waals surface area contributed by atoms with Gasteiger partial charge in [-0.15, -0.1) is 0 Å². The van der Waals surface area contributed by atoms with E-state index in [2.05, 4.69) is 15.3 Å². The number of aliphatic imine (C=N–C) groups is 1. The molecular weight excluding hydrogens is 358 g/mol. The maximum atomic E-state index is 12.4. The summed E-state index contributed by atoms with van der Waals surface area (Å²) in [6, 6.07) is 9.07. The molecule has 2 heterocycles. The van der Waals surface area contributed by atoms with Gasteiger partial charge in [-0.2, -0.15) is 0 Å². The van der Waals surface area contributed by atoms with Crippen molar-refractivity contribution < 1.29 is 4.79 Å². The van der Waals surface area contributed by atoms with Gasteiger partial charge in [-0.05, 0) is 37.1 Å². The summed E-state index contributed by atoms with van der Waals surface area (Å²) in [6.07, 6.45) is 2.27. The lowest BCUT2D eigenvalue weighted by Crippen LogP contribution is -2.28. The zero-order valence-electron chi connectivity index (χ0n) is 13.6. The van der Waals surface area contributed by atoms with E-state index >= 15 is 0 Å². The van der Waals surface area contributed by atoms with Gasteiger partial charge in [-0.25, -0.2) is 4.98 Å². The number of carbonyl (C=O) groups excluding carboxylic acids is 1. The van der Waals surface area contributed by atoms with Gasteiger partial charge in [-0.3, -0.25) is 9.79 Å². The van der Waals surface area contributed by atoms with Gasteiger partial charge < -0.3 is 16.8 Å². The van der Waals surface area contributed by atoms with E-state index < -0.39 is 11.4 Å². The molecule has 1 aromatic carbocycles. The van der Waals surface area contributed by atoms with Crippen LogP contribution in [-0.4, -0.2) is 21.8 Å². The van der Waals surface area contributed by atoms with Crippen molar-refractivity contribution in [2.45, 2.75) is 18.9 Å². The molecule has 1 amide bonds. The van der Waals surface area contributed by atoms with Gasteiger partial charge in [0.05, 0.1) is 16.2 Å². The van der Waals surface area contributed by atoms with Crippen LogP contribution in [0, 0.1) is 0 Å². The summed E-state index contributed by atoms with van der Waals surface area (Å²) in [6.45, 7) is 2.04. The molecule has 0 radical (unpaired) electrons. The molecule has 0 bridgehead atoms. The van der Waals surface area contributed by atoms with Crippen molar-refractivity contribution in [2.75, 3.05) is 16.8 Å². The van der Waals surface area contributed by atoms with Crippen LogP contribution in [0.1, 0.15) is 29.4 Å². The van der Waals surface area contributed by atoms with Crippen LogP contribution in [0.5, 0.6) is 0 Å². The minimum atomic E-state index is -0.395. The summed E-state index contributed by atoms with van der Waals surface area (Å²) in [5.41, 5.74) is 13.3. The second-order valence-corrected chi connectivity index (χ2v) is 7.50. The number of hydrogen-bond donors (Lipinski definition) is 3. The van der Waals surface area contributed by atoms with Crippen molar-refractivity contribution >= 4 is 45.8 Å². The zero-order valence-corrected chi connectivity index (χ0v) is 15.2. The number of nitrogens with one attached hydrogen (secondary N) is 1. The van der Waals surface area contributed by atoms with E-state index in [4.69, 9.17) is 23.1 Å². The van der Waals surface area contributed by atoms with Crippen LogP contribution in [0.2, 0.25) is 5.02 Å². The molecular formula is C17H18ClN5OS. The third-order valence-corrected chi connectivity index (χ3v) is 5.04. The molecule has 0 spiro atoms. The second-order valence-electron chi connectivity index (χ2n) is 5.95. The van der Waals surface area contributed by atoms with E-state index in [1.807, 2.05) is 31.2 Å². The van der Waals surface area contributed by atoms with Crippen LogP contribution >= 0.6 is 23.4 Å². The van der Waals surface area contributed by atoms with Crippen molar-refractivity contribution in [3.05, 3.63) is 52.8 Å². The Kier molecular flexibility index (Phi) is 4.87. The highest BCUT2D eigenvalue weighted by atomic mass is 35.5. The Hall–Kier alpha value is -2.25. The van der Waals surface area contributed by atoms with E-state index in [1.165, 1.54) is 12.3 Å². The maximum Gasteiger partial charge on any atom is 0.276 e. The lowest BCUT2D eigenvalue weighted by Gasteiger charge is -2.30. The Morgan fingerprint density at radius 2 is 2.16 bits per heavy atom. The molecule has 1 aromatic heterocycles. The highest BCUT2D eigenvalue weighted by molar-refractivity contribution is 8.13. The fourth-order valence-corrected chi connectivity index (χ4v) is 3.80. The largest absolute Gasteiger partial charge is 0.397 e. The first-order chi connectivity index (χ1) is 11.9. The minimum absolute atomic E-state index is 0.136. The number of nitrogens with two attached hydrogens (primary N) is 2. The fraction of sp³-hybridized carbons (Fsp3) is 0.235. The molecule has 1 aliphatic heterocycles. The Morgan fingerprint density at radius 3 is 2.88 bits per heavy atom. The number of thioether (sulfide) groups is 1. The van der Waals surface area contributed by atoms with Gasteiger partial charge in [0, 0.05) is 17.6 Å². The predicted octanol–water partition coefficient (Wildman–Crippen LogP) is 3.24. The molecule has 25 heavy (non-hydrogen) atoms. The highest BCUT2D eigenvalue weighted by Gasteiger charge is 2.29. The van der Waals surface area contributed by atoms with Crippen molar-refractivity contribution in [2.24, 2.45) is 10.7 Å². The summed E-state index contributed by atoms with van der Waals surface area (Å²) in [7, 11) is 0. The van der Waals surface area contributed by atoms with Gasteiger partial charge >= 0.3 is 0 Å². The van der Waals surface area contributed by atoms with Crippen LogP contribution in [0.3, 0.4) is 0 Å². The number of anilines is 2. The number of hydrogen-bond acceptors (Lipinski definition) is 6. The number of rotatable bonds is 3. The SMILES string of the molecule is C[C@@]1(c2cccc(NC(=O)c3ncc(Cl)cc3N)c2)CCSC(N)=N1. The van der Waals surface area contributed by atoms with Crippen LogP contribution < -0.4 is 16.8 Å². The predicted molar refractivity (Wildman–Crippen MR) is 104 cm³/mol. The first kappa shape index (κ1) is 17.6. The molecule has 0 fully saturated rings. The Morgan fingerprint density at radius 1 is 1.36 bits per heavy atom. The first-order valence-electron chi connectivity index (χ1n) is 7.68. The van der Waals surface area contributed by atoms with E-state index in [1.54, 1.807) is 11.8 Å². The summed E-state index contributed by atoms with van der Waals surface area (Å²) in [4.78, 5) is 21.0. The Bertz CT molecular complexity index is 857. The third kappa shape index (κ3) is 3.88. The Balaban J connectivity index is 1.85. The topological polar surface area (TPSA) is 106 Å². The molecule has 1 aliphatic rings. The molecule has 0 unspecified atom stereocenters. The number of aromatic nitrogens is 1. The van der Waals surface area contributed by atoms with Gasteiger partial charge in [0.25, 0.3) is 5.91 Å². The smallest absolute Gasteiger partial charge is 0.276 e. The minimum Gasteiger partial charge on any atom is -0.397 e. The summed E-state index contributed by atoms with van der Waals surface area (Å²) in [5.74, 6) is 0.520. The molecule has 5 N–H and O–H groups in total. The number of nitrogen functional groups attached to an aromatic ring is 1. The van der Waals surface area contributed by atoms with Crippen molar-refractivity contribution in [3.63, 3.8) is 0 Å². The van der Waals surface area contributed by atoms with Gasteiger partial charge in [-0.1, -0.05) is 35.5 Å². The van der Waals surface area contributed by atoms with Gasteiger partial charge in [0.15, 0.2) is 10.9 Å². The quantitative estimate of drug-likeness (QED) is 0.763. The average Bonchev–Trinajstić information content (AvgIpc) is 2.54. The number of nitrogens with zero attached hydrogens (tertiary/aromatic N) is 2. The zero-order chi connectivity index (χ0) is 18.0. The lowest BCUT2D eigenvalue weighted by molar-refractivity contribution is 0.102. The van der Waals surface area contributed by atoms with Gasteiger partial charge in [0.1, 0.15) is 0 Å². The number of amidine groups is 1. The van der Waals surface area contributed by atoms with Crippen LogP contribution in [0.4, 0.5) is 11.4 Å². The first-order valence-corrected chi connectivity index (χ1v) is 9.05. The van der Waals surface area contributed by atoms with Crippen LogP contribution in [0.25, 0.3) is 0 Å². The molecule has 0 saturated heterocycles.